The van der Waals surface area contributed by atoms with Crippen molar-refractivity contribution >= 4 is 5.97 Å². The van der Waals surface area contributed by atoms with Crippen LogP contribution in [-0.4, -0.2) is 29.1 Å². The summed E-state index contributed by atoms with van der Waals surface area (Å²) >= 11 is 0. The van der Waals surface area contributed by atoms with E-state index in [-0.39, 0.29) is 5.92 Å². The molecule has 4 heteroatoms. The van der Waals surface area contributed by atoms with Gasteiger partial charge in [-0.15, -0.1) is 0 Å². The van der Waals surface area contributed by atoms with Crippen LogP contribution in [0.5, 0.6) is 0 Å². The molecule has 21 heavy (non-hydrogen) atoms. The summed E-state index contributed by atoms with van der Waals surface area (Å²) in [6, 6.07) is 2.52. The second kappa shape index (κ2) is 5.48. The summed E-state index contributed by atoms with van der Waals surface area (Å²) in [5, 5.41) is 9.48. The molecule has 1 aliphatic heterocycles. The molecule has 116 valence electrons. The van der Waals surface area contributed by atoms with Crippen molar-refractivity contribution in [3.63, 3.8) is 0 Å². The number of hydrogen-bond acceptors (Lipinski definition) is 3. The zero-order valence-electron chi connectivity index (χ0n) is 13.0. The number of nitrogens with zero attached hydrogens (tertiary/aromatic N) is 1. The first-order valence-electron chi connectivity index (χ1n) is 8.04. The fourth-order valence-corrected chi connectivity index (χ4v) is 3.89. The summed E-state index contributed by atoms with van der Waals surface area (Å²) in [7, 11) is 0. The lowest BCUT2D eigenvalue weighted by atomic mass is 9.74. The number of carboxylic acids is 1. The lowest BCUT2D eigenvalue weighted by Crippen LogP contribution is -2.46. The summed E-state index contributed by atoms with van der Waals surface area (Å²) in [6.45, 7) is 5.69. The number of likely N-dealkylation sites (tertiary alicyclic amines) is 1. The topological polar surface area (TPSA) is 53.7 Å². The highest BCUT2D eigenvalue weighted by atomic mass is 16.4. The Morgan fingerprint density at radius 1 is 1.38 bits per heavy atom. The van der Waals surface area contributed by atoms with Crippen LogP contribution in [0.4, 0.5) is 0 Å². The second-order valence-electron chi connectivity index (χ2n) is 7.07. The maximum atomic E-state index is 11.5. The Balaban J connectivity index is 1.77. The van der Waals surface area contributed by atoms with Crippen molar-refractivity contribution in [3.05, 3.63) is 23.7 Å². The highest BCUT2D eigenvalue weighted by molar-refractivity contribution is 5.74. The van der Waals surface area contributed by atoms with E-state index in [1.54, 1.807) is 6.26 Å². The van der Waals surface area contributed by atoms with Gasteiger partial charge in [0.1, 0.15) is 5.76 Å². The number of fused-ring (bicyclic) bond motifs is 1. The SMILES string of the molecule is CC(C)(C(=O)O)C1CCCN(C2CCCc3occc32)C1. The van der Waals surface area contributed by atoms with Gasteiger partial charge in [0, 0.05) is 24.6 Å². The van der Waals surface area contributed by atoms with Crippen molar-refractivity contribution in [2.45, 2.75) is 52.0 Å². The van der Waals surface area contributed by atoms with Crippen LogP contribution in [0.2, 0.25) is 0 Å². The van der Waals surface area contributed by atoms with E-state index in [1.807, 2.05) is 13.8 Å². The van der Waals surface area contributed by atoms with Crippen molar-refractivity contribution in [2.75, 3.05) is 13.1 Å². The van der Waals surface area contributed by atoms with Crippen LogP contribution in [-0.2, 0) is 11.2 Å². The van der Waals surface area contributed by atoms with Crippen LogP contribution < -0.4 is 0 Å². The molecule has 2 unspecified atom stereocenters. The average molecular weight is 291 g/mol. The van der Waals surface area contributed by atoms with Gasteiger partial charge in [-0.2, -0.15) is 0 Å². The standard InChI is InChI=1S/C17H25NO3/c1-17(2,16(19)20)12-5-4-9-18(11-12)14-6-3-7-15-13(14)8-10-21-15/h8,10,12,14H,3-7,9,11H2,1-2H3,(H,19,20). The minimum Gasteiger partial charge on any atom is -0.481 e. The highest BCUT2D eigenvalue weighted by Crippen LogP contribution is 2.40. The van der Waals surface area contributed by atoms with Crippen LogP contribution in [0.15, 0.2) is 16.7 Å². The van der Waals surface area contributed by atoms with Crippen molar-refractivity contribution in [1.29, 1.82) is 0 Å². The van der Waals surface area contributed by atoms with Gasteiger partial charge in [0.2, 0.25) is 0 Å². The van der Waals surface area contributed by atoms with Crippen molar-refractivity contribution in [3.8, 4) is 0 Å². The highest BCUT2D eigenvalue weighted by Gasteiger charge is 2.41. The van der Waals surface area contributed by atoms with Gasteiger partial charge in [0.25, 0.3) is 0 Å². The van der Waals surface area contributed by atoms with E-state index in [0.29, 0.717) is 6.04 Å². The molecule has 2 aliphatic rings. The molecule has 0 saturated carbocycles. The Hall–Kier alpha value is -1.29. The third-order valence-corrected chi connectivity index (χ3v) is 5.49. The first-order valence-corrected chi connectivity index (χ1v) is 8.04. The molecule has 0 spiro atoms. The van der Waals surface area contributed by atoms with E-state index in [1.165, 1.54) is 5.56 Å². The number of carboxylic acid groups (broad SMARTS) is 1. The molecule has 3 rings (SSSR count). The number of rotatable bonds is 3. The lowest BCUT2D eigenvalue weighted by Gasteiger charge is -2.43. The van der Waals surface area contributed by atoms with Crippen LogP contribution >= 0.6 is 0 Å². The Kier molecular flexibility index (Phi) is 3.82. The maximum Gasteiger partial charge on any atom is 0.309 e. The first kappa shape index (κ1) is 14.6. The van der Waals surface area contributed by atoms with E-state index in [2.05, 4.69) is 11.0 Å². The summed E-state index contributed by atoms with van der Waals surface area (Å²) in [5.74, 6) is 0.675. The predicted octanol–water partition coefficient (Wildman–Crippen LogP) is 3.48. The summed E-state index contributed by atoms with van der Waals surface area (Å²) < 4.78 is 5.59. The lowest BCUT2D eigenvalue weighted by molar-refractivity contribution is -0.151. The first-order chi connectivity index (χ1) is 10.00. The molecule has 0 aromatic carbocycles. The van der Waals surface area contributed by atoms with Gasteiger partial charge in [0.05, 0.1) is 11.7 Å². The second-order valence-corrected chi connectivity index (χ2v) is 7.07. The van der Waals surface area contributed by atoms with Crippen molar-refractivity contribution < 1.29 is 14.3 Å². The zero-order valence-corrected chi connectivity index (χ0v) is 13.0. The predicted molar refractivity (Wildman–Crippen MR) is 80.1 cm³/mol. The molecule has 1 fully saturated rings. The summed E-state index contributed by atoms with van der Waals surface area (Å²) in [5.41, 5.74) is 0.682. The van der Waals surface area contributed by atoms with E-state index in [9.17, 15) is 9.90 Å². The quantitative estimate of drug-likeness (QED) is 0.926. The van der Waals surface area contributed by atoms with Gasteiger partial charge >= 0.3 is 5.97 Å². The minimum absolute atomic E-state index is 0.223. The molecule has 0 radical (unpaired) electrons. The molecule has 2 heterocycles. The third kappa shape index (κ3) is 2.61. The van der Waals surface area contributed by atoms with E-state index < -0.39 is 11.4 Å². The molecule has 0 amide bonds. The minimum atomic E-state index is -0.679. The van der Waals surface area contributed by atoms with Gasteiger partial charge in [-0.25, -0.2) is 0 Å². The number of hydrogen-bond donors (Lipinski definition) is 1. The normalized spacial score (nSPS) is 27.3. The Bertz CT molecular complexity index is 520. The fraction of sp³-hybridized carbons (Fsp3) is 0.706. The third-order valence-electron chi connectivity index (χ3n) is 5.49. The van der Waals surface area contributed by atoms with Crippen LogP contribution in [0.25, 0.3) is 0 Å². The van der Waals surface area contributed by atoms with Crippen molar-refractivity contribution in [2.24, 2.45) is 11.3 Å². The molecule has 1 saturated heterocycles. The largest absolute Gasteiger partial charge is 0.481 e. The number of furan rings is 1. The molecule has 0 bridgehead atoms. The van der Waals surface area contributed by atoms with Crippen LogP contribution in [0, 0.1) is 11.3 Å². The van der Waals surface area contributed by atoms with Gasteiger partial charge in [-0.3, -0.25) is 9.69 Å². The zero-order chi connectivity index (χ0) is 15.0. The average Bonchev–Trinajstić information content (AvgIpc) is 2.95. The molecule has 1 N–H and O–H groups in total. The monoisotopic (exact) mass is 291 g/mol. The number of piperidine rings is 1. The summed E-state index contributed by atoms with van der Waals surface area (Å²) in [6.07, 6.45) is 7.26. The smallest absolute Gasteiger partial charge is 0.309 e. The molecule has 1 aromatic heterocycles. The molecule has 4 nitrogen and oxygen atoms in total. The fourth-order valence-electron chi connectivity index (χ4n) is 3.89. The Morgan fingerprint density at radius 2 is 2.19 bits per heavy atom. The molecular weight excluding hydrogens is 266 g/mol. The van der Waals surface area contributed by atoms with Crippen molar-refractivity contribution in [1.82, 2.24) is 4.90 Å². The van der Waals surface area contributed by atoms with Gasteiger partial charge < -0.3 is 9.52 Å². The molecule has 2 atom stereocenters. The van der Waals surface area contributed by atoms with E-state index in [4.69, 9.17) is 4.42 Å². The van der Waals surface area contributed by atoms with E-state index >= 15 is 0 Å². The Labute approximate surface area is 126 Å². The summed E-state index contributed by atoms with van der Waals surface area (Å²) in [4.78, 5) is 14.0. The van der Waals surface area contributed by atoms with E-state index in [0.717, 1.165) is 51.0 Å². The van der Waals surface area contributed by atoms with Gasteiger partial charge in [-0.1, -0.05) is 0 Å². The maximum absolute atomic E-state index is 11.5. The van der Waals surface area contributed by atoms with Crippen LogP contribution in [0.3, 0.4) is 0 Å². The van der Waals surface area contributed by atoms with Crippen LogP contribution in [0.1, 0.15) is 56.9 Å². The Morgan fingerprint density at radius 3 is 2.95 bits per heavy atom. The number of aryl methyl sites for hydroxylation is 1. The number of carbonyl (C=O) groups is 1. The van der Waals surface area contributed by atoms with Gasteiger partial charge in [-0.05, 0) is 58.1 Å². The molecular formula is C17H25NO3. The molecule has 1 aromatic rings. The number of aliphatic carboxylic acids is 1. The molecule has 1 aliphatic carbocycles. The van der Waals surface area contributed by atoms with Gasteiger partial charge in [0.15, 0.2) is 0 Å².